The van der Waals surface area contributed by atoms with Gasteiger partial charge < -0.3 is 14.5 Å². The van der Waals surface area contributed by atoms with Crippen molar-refractivity contribution in [2.45, 2.75) is 60.5 Å². The highest BCUT2D eigenvalue weighted by molar-refractivity contribution is 6.11. The molecule has 1 N–H and O–H groups in total. The number of anilines is 2. The topological polar surface area (TPSA) is 95.1 Å². The number of fused-ring (bicyclic) bond motifs is 1. The largest absolute Gasteiger partial charge is 0.444 e. The smallest absolute Gasteiger partial charge is 0.410 e. The van der Waals surface area contributed by atoms with E-state index >= 15 is 0 Å². The number of rotatable bonds is 2. The van der Waals surface area contributed by atoms with Gasteiger partial charge in [-0.3, -0.25) is 20.0 Å². The molecule has 0 spiro atoms. The quantitative estimate of drug-likeness (QED) is 0.657. The molecule has 0 atom stereocenters. The van der Waals surface area contributed by atoms with Crippen molar-refractivity contribution >= 4 is 40.2 Å². The molecular weight excluding hydrogens is 446 g/mol. The molecule has 2 aliphatic rings. The second-order valence-corrected chi connectivity index (χ2v) is 8.74. The zero-order valence-corrected chi connectivity index (χ0v) is 22.1. The van der Waals surface area contributed by atoms with Crippen LogP contribution in [0.3, 0.4) is 0 Å². The third kappa shape index (κ3) is 6.83. The number of nitrogens with zero attached hydrogens (tertiary/aromatic N) is 4. The zero-order valence-electron chi connectivity index (χ0n) is 22.1. The molecule has 35 heavy (non-hydrogen) atoms. The predicted molar refractivity (Wildman–Crippen MR) is 140 cm³/mol. The minimum atomic E-state index is -0.517. The first-order valence-electron chi connectivity index (χ1n) is 12.4. The predicted octanol–water partition coefficient (Wildman–Crippen LogP) is 4.79. The average molecular weight is 486 g/mol. The van der Waals surface area contributed by atoms with Gasteiger partial charge in [0.05, 0.1) is 11.9 Å². The molecule has 2 aliphatic heterocycles. The van der Waals surface area contributed by atoms with Gasteiger partial charge in [0.15, 0.2) is 0 Å². The van der Waals surface area contributed by atoms with E-state index in [0.29, 0.717) is 38.4 Å². The first-order chi connectivity index (χ1) is 16.7. The molecular formula is C26H39N5O4. The summed E-state index contributed by atoms with van der Waals surface area (Å²) in [5, 5.41) is 4.18. The number of aromatic nitrogens is 1. The molecule has 9 nitrogen and oxygen atoms in total. The number of pyridine rings is 1. The van der Waals surface area contributed by atoms with E-state index in [1.807, 2.05) is 66.7 Å². The van der Waals surface area contributed by atoms with E-state index in [0.717, 1.165) is 16.5 Å². The molecule has 4 rings (SSSR count). The van der Waals surface area contributed by atoms with Crippen LogP contribution in [0.25, 0.3) is 10.8 Å². The maximum absolute atomic E-state index is 12.4. The van der Waals surface area contributed by atoms with Gasteiger partial charge in [-0.25, -0.2) is 9.59 Å². The monoisotopic (exact) mass is 485 g/mol. The number of ether oxygens (including phenoxy) is 1. The van der Waals surface area contributed by atoms with Gasteiger partial charge in [-0.15, -0.1) is 0 Å². The summed E-state index contributed by atoms with van der Waals surface area (Å²) in [7, 11) is 0. The van der Waals surface area contributed by atoms with Gasteiger partial charge in [0.25, 0.3) is 0 Å². The molecule has 0 bridgehead atoms. The highest BCUT2D eigenvalue weighted by Gasteiger charge is 2.28. The number of amides is 4. The van der Waals surface area contributed by atoms with Gasteiger partial charge in [-0.1, -0.05) is 39.8 Å². The van der Waals surface area contributed by atoms with Crippen molar-refractivity contribution in [2.24, 2.45) is 0 Å². The summed E-state index contributed by atoms with van der Waals surface area (Å²) in [5.74, 6) is -0.266. The van der Waals surface area contributed by atoms with Gasteiger partial charge in [0.2, 0.25) is 5.91 Å². The lowest BCUT2D eigenvalue weighted by atomic mass is 10.1. The van der Waals surface area contributed by atoms with Crippen molar-refractivity contribution in [1.82, 2.24) is 15.2 Å². The van der Waals surface area contributed by atoms with Crippen molar-refractivity contribution < 1.29 is 19.1 Å². The first-order valence-corrected chi connectivity index (χ1v) is 12.4. The second kappa shape index (κ2) is 12.4. The molecule has 1 aromatic heterocycles. The minimum Gasteiger partial charge on any atom is -0.444 e. The molecule has 0 saturated carbocycles. The summed E-state index contributed by atoms with van der Waals surface area (Å²) >= 11 is 0. The lowest BCUT2D eigenvalue weighted by Gasteiger charge is -2.37. The van der Waals surface area contributed by atoms with Crippen molar-refractivity contribution in [2.75, 3.05) is 42.5 Å². The fourth-order valence-corrected chi connectivity index (χ4v) is 3.91. The number of nitrogens with one attached hydrogen (secondary N) is 1. The SMILES string of the molecule is CC.CC.CC(C)(C)OC(=O)N1CCN(c2cccc3c(N4CCC(=O)NC4=O)cncc23)CC1. The maximum Gasteiger partial charge on any atom is 0.410 e. The van der Waals surface area contributed by atoms with Crippen LogP contribution in [0.5, 0.6) is 0 Å². The van der Waals surface area contributed by atoms with Crippen LogP contribution in [-0.4, -0.2) is 66.2 Å². The van der Waals surface area contributed by atoms with Crippen molar-refractivity contribution in [3.63, 3.8) is 0 Å². The standard InChI is InChI=1S/C22H27N5O4.2C2H6/c1-22(2,3)31-21(30)26-11-9-25(10-12-26)17-6-4-5-15-16(17)13-23-14-18(15)27-8-7-19(28)24-20(27)29;2*1-2/h4-6,13-14H,7-12H2,1-3H3,(H,24,28,29);2*1-2H3. The number of piperazine rings is 1. The van der Waals surface area contributed by atoms with Crippen molar-refractivity contribution in [3.8, 4) is 0 Å². The molecule has 9 heteroatoms. The molecule has 2 saturated heterocycles. The molecule has 2 fully saturated rings. The fraction of sp³-hybridized carbons (Fsp3) is 0.538. The number of carbonyl (C=O) groups is 3. The van der Waals surface area contributed by atoms with E-state index < -0.39 is 11.6 Å². The Morgan fingerprint density at radius 1 is 0.914 bits per heavy atom. The van der Waals surface area contributed by atoms with E-state index in [4.69, 9.17) is 4.74 Å². The number of hydrogen-bond acceptors (Lipinski definition) is 6. The van der Waals surface area contributed by atoms with E-state index in [2.05, 4.69) is 15.2 Å². The highest BCUT2D eigenvalue weighted by atomic mass is 16.6. The number of benzene rings is 1. The Labute approximate surface area is 208 Å². The second-order valence-electron chi connectivity index (χ2n) is 8.74. The summed E-state index contributed by atoms with van der Waals surface area (Å²) < 4.78 is 5.48. The summed E-state index contributed by atoms with van der Waals surface area (Å²) in [6.07, 6.45) is 3.41. The number of urea groups is 1. The summed E-state index contributed by atoms with van der Waals surface area (Å²) in [4.78, 5) is 46.1. The molecule has 4 amide bonds. The summed E-state index contributed by atoms with van der Waals surface area (Å²) in [6.45, 7) is 16.4. The van der Waals surface area contributed by atoms with Crippen LogP contribution in [0, 0.1) is 0 Å². The van der Waals surface area contributed by atoms with Crippen LogP contribution in [0.1, 0.15) is 54.9 Å². The lowest BCUT2D eigenvalue weighted by Crippen LogP contribution is -2.50. The molecule has 0 radical (unpaired) electrons. The Kier molecular flexibility index (Phi) is 9.86. The van der Waals surface area contributed by atoms with Crippen LogP contribution in [0.4, 0.5) is 21.0 Å². The van der Waals surface area contributed by atoms with Crippen molar-refractivity contribution in [1.29, 1.82) is 0 Å². The van der Waals surface area contributed by atoms with Crippen LogP contribution in [0.15, 0.2) is 30.6 Å². The Morgan fingerprint density at radius 3 is 2.17 bits per heavy atom. The van der Waals surface area contributed by atoms with Gasteiger partial charge in [-0.05, 0) is 26.8 Å². The third-order valence-corrected chi connectivity index (χ3v) is 5.38. The van der Waals surface area contributed by atoms with Crippen LogP contribution in [-0.2, 0) is 9.53 Å². The Balaban J connectivity index is 0.00000103. The van der Waals surface area contributed by atoms with Crippen LogP contribution in [0.2, 0.25) is 0 Å². The summed E-state index contributed by atoms with van der Waals surface area (Å²) in [5.41, 5.74) is 1.16. The molecule has 1 aromatic carbocycles. The van der Waals surface area contributed by atoms with E-state index in [1.165, 1.54) is 0 Å². The fourth-order valence-electron chi connectivity index (χ4n) is 3.91. The summed E-state index contributed by atoms with van der Waals surface area (Å²) in [6, 6.07) is 5.50. The molecule has 0 aliphatic carbocycles. The van der Waals surface area contributed by atoms with Gasteiger partial charge in [0, 0.05) is 61.8 Å². The average Bonchev–Trinajstić information content (AvgIpc) is 2.85. The van der Waals surface area contributed by atoms with Crippen LogP contribution >= 0.6 is 0 Å². The van der Waals surface area contributed by atoms with Crippen molar-refractivity contribution in [3.05, 3.63) is 30.6 Å². The molecule has 192 valence electrons. The number of hydrogen-bond donors (Lipinski definition) is 1. The Bertz CT molecular complexity index is 1030. The van der Waals surface area contributed by atoms with Gasteiger partial charge in [-0.2, -0.15) is 0 Å². The normalized spacial score (nSPS) is 16.0. The van der Waals surface area contributed by atoms with E-state index in [1.54, 1.807) is 22.2 Å². The first kappa shape index (κ1) is 27.9. The highest BCUT2D eigenvalue weighted by Crippen LogP contribution is 2.33. The van der Waals surface area contributed by atoms with Gasteiger partial charge >= 0.3 is 12.1 Å². The van der Waals surface area contributed by atoms with Crippen LogP contribution < -0.4 is 15.1 Å². The van der Waals surface area contributed by atoms with E-state index in [-0.39, 0.29) is 18.4 Å². The van der Waals surface area contributed by atoms with Gasteiger partial charge in [0.1, 0.15) is 5.60 Å². The number of carbonyl (C=O) groups excluding carboxylic acids is 3. The number of imide groups is 1. The molecule has 0 unspecified atom stereocenters. The third-order valence-electron chi connectivity index (χ3n) is 5.38. The van der Waals surface area contributed by atoms with E-state index in [9.17, 15) is 14.4 Å². The minimum absolute atomic E-state index is 0.258. The Morgan fingerprint density at radius 2 is 1.57 bits per heavy atom. The zero-order chi connectivity index (χ0) is 26.2. The molecule has 3 heterocycles. The lowest BCUT2D eigenvalue weighted by molar-refractivity contribution is -0.120. The maximum atomic E-state index is 12.4. The Hall–Kier alpha value is -3.36. The molecule has 2 aromatic rings.